The number of nitrogens with two attached hydrogens (primary N) is 1. The van der Waals surface area contributed by atoms with Crippen molar-refractivity contribution in [3.8, 4) is 0 Å². The van der Waals surface area contributed by atoms with E-state index in [9.17, 15) is 5.11 Å². The van der Waals surface area contributed by atoms with Gasteiger partial charge in [0.25, 0.3) is 0 Å². The zero-order valence-electron chi connectivity index (χ0n) is 11.1. The van der Waals surface area contributed by atoms with Crippen LogP contribution in [-0.4, -0.2) is 20.1 Å². The van der Waals surface area contributed by atoms with Crippen LogP contribution in [0.5, 0.6) is 0 Å². The van der Waals surface area contributed by atoms with Crippen molar-refractivity contribution in [2.24, 2.45) is 5.73 Å². The SMILES string of the molecule is CCC(N)c1cn(CC[C@H](O)c2ccccc2)nn1. The molecule has 102 valence electrons. The Hall–Kier alpha value is -1.72. The van der Waals surface area contributed by atoms with Crippen molar-refractivity contribution in [1.29, 1.82) is 0 Å². The van der Waals surface area contributed by atoms with Crippen molar-refractivity contribution in [2.45, 2.75) is 38.5 Å². The number of hydrogen-bond donors (Lipinski definition) is 2. The van der Waals surface area contributed by atoms with Crippen molar-refractivity contribution in [3.63, 3.8) is 0 Å². The van der Waals surface area contributed by atoms with Crippen LogP contribution in [0.4, 0.5) is 0 Å². The summed E-state index contributed by atoms with van der Waals surface area (Å²) >= 11 is 0. The van der Waals surface area contributed by atoms with Gasteiger partial charge in [0.2, 0.25) is 0 Å². The van der Waals surface area contributed by atoms with Gasteiger partial charge in [-0.3, -0.25) is 4.68 Å². The van der Waals surface area contributed by atoms with Crippen LogP contribution >= 0.6 is 0 Å². The summed E-state index contributed by atoms with van der Waals surface area (Å²) in [5.41, 5.74) is 7.62. The summed E-state index contributed by atoms with van der Waals surface area (Å²) < 4.78 is 1.73. The first kappa shape index (κ1) is 13.7. The third kappa shape index (κ3) is 3.62. The fourth-order valence-electron chi connectivity index (χ4n) is 1.90. The first-order valence-electron chi connectivity index (χ1n) is 6.59. The molecular weight excluding hydrogens is 240 g/mol. The van der Waals surface area contributed by atoms with Crippen LogP contribution in [0.3, 0.4) is 0 Å². The van der Waals surface area contributed by atoms with Gasteiger partial charge in [-0.2, -0.15) is 0 Å². The van der Waals surface area contributed by atoms with Gasteiger partial charge in [-0.05, 0) is 18.4 Å². The molecule has 0 fully saturated rings. The van der Waals surface area contributed by atoms with Crippen LogP contribution in [0.1, 0.15) is 43.2 Å². The maximum atomic E-state index is 10.1. The maximum absolute atomic E-state index is 10.1. The van der Waals surface area contributed by atoms with Crippen molar-refractivity contribution in [3.05, 3.63) is 47.8 Å². The van der Waals surface area contributed by atoms with E-state index in [1.807, 2.05) is 43.5 Å². The Morgan fingerprint density at radius 3 is 2.74 bits per heavy atom. The smallest absolute Gasteiger partial charge is 0.0993 e. The molecule has 5 nitrogen and oxygen atoms in total. The fraction of sp³-hybridized carbons (Fsp3) is 0.429. The predicted octanol–water partition coefficient (Wildman–Crippen LogP) is 1.81. The number of aromatic nitrogens is 3. The Morgan fingerprint density at radius 2 is 2.05 bits per heavy atom. The highest BCUT2D eigenvalue weighted by atomic mass is 16.3. The van der Waals surface area contributed by atoms with Gasteiger partial charge >= 0.3 is 0 Å². The predicted molar refractivity (Wildman–Crippen MR) is 73.3 cm³/mol. The normalized spacial score (nSPS) is 14.3. The number of benzene rings is 1. The average molecular weight is 260 g/mol. The first-order valence-corrected chi connectivity index (χ1v) is 6.59. The van der Waals surface area contributed by atoms with E-state index in [0.29, 0.717) is 13.0 Å². The minimum Gasteiger partial charge on any atom is -0.388 e. The Labute approximate surface area is 113 Å². The summed E-state index contributed by atoms with van der Waals surface area (Å²) in [6, 6.07) is 9.56. The quantitative estimate of drug-likeness (QED) is 0.830. The molecule has 0 aliphatic rings. The van der Waals surface area contributed by atoms with Crippen LogP contribution in [0.25, 0.3) is 0 Å². The van der Waals surface area contributed by atoms with E-state index in [2.05, 4.69) is 10.3 Å². The molecule has 1 unspecified atom stereocenters. The molecule has 0 saturated heterocycles. The van der Waals surface area contributed by atoms with Crippen molar-refractivity contribution >= 4 is 0 Å². The number of aryl methyl sites for hydroxylation is 1. The van der Waals surface area contributed by atoms with E-state index in [0.717, 1.165) is 17.7 Å². The Bertz CT molecular complexity index is 497. The summed E-state index contributed by atoms with van der Waals surface area (Å²) in [5, 5.41) is 18.1. The molecule has 1 aromatic carbocycles. The lowest BCUT2D eigenvalue weighted by Gasteiger charge is -2.10. The molecule has 3 N–H and O–H groups in total. The summed E-state index contributed by atoms with van der Waals surface area (Å²) in [5.74, 6) is 0. The molecular formula is C14H20N4O. The van der Waals surface area contributed by atoms with Gasteiger partial charge in [-0.1, -0.05) is 42.5 Å². The standard InChI is InChI=1S/C14H20N4O/c1-2-12(15)13-10-18(17-16-13)9-8-14(19)11-6-4-3-5-7-11/h3-7,10,12,14,19H,2,8-9,15H2,1H3/t12?,14-/m0/s1. The molecule has 0 spiro atoms. The number of nitrogens with zero attached hydrogens (tertiary/aromatic N) is 3. The Balaban J connectivity index is 1.90. The Morgan fingerprint density at radius 1 is 1.32 bits per heavy atom. The van der Waals surface area contributed by atoms with Crippen LogP contribution in [-0.2, 0) is 6.54 Å². The van der Waals surface area contributed by atoms with E-state index in [1.54, 1.807) is 4.68 Å². The lowest BCUT2D eigenvalue weighted by atomic mass is 10.1. The number of aliphatic hydroxyl groups is 1. The van der Waals surface area contributed by atoms with Crippen molar-refractivity contribution < 1.29 is 5.11 Å². The van der Waals surface area contributed by atoms with Gasteiger partial charge in [0.05, 0.1) is 24.0 Å². The highest BCUT2D eigenvalue weighted by molar-refractivity contribution is 5.17. The second-order valence-corrected chi connectivity index (χ2v) is 4.64. The van der Waals surface area contributed by atoms with Gasteiger partial charge in [0.15, 0.2) is 0 Å². The molecule has 0 amide bonds. The maximum Gasteiger partial charge on any atom is 0.0993 e. The molecule has 5 heteroatoms. The number of rotatable bonds is 6. The van der Waals surface area contributed by atoms with E-state index in [4.69, 9.17) is 5.73 Å². The van der Waals surface area contributed by atoms with Crippen LogP contribution in [0.2, 0.25) is 0 Å². The molecule has 1 heterocycles. The summed E-state index contributed by atoms with van der Waals surface area (Å²) in [6.07, 6.45) is 2.82. The van der Waals surface area contributed by atoms with Gasteiger partial charge in [0.1, 0.15) is 0 Å². The van der Waals surface area contributed by atoms with Gasteiger partial charge in [-0.15, -0.1) is 5.10 Å². The third-order valence-corrected chi connectivity index (χ3v) is 3.19. The lowest BCUT2D eigenvalue weighted by Crippen LogP contribution is -2.09. The van der Waals surface area contributed by atoms with Gasteiger partial charge in [0, 0.05) is 6.54 Å². The molecule has 2 rings (SSSR count). The van der Waals surface area contributed by atoms with E-state index in [-0.39, 0.29) is 6.04 Å². The highest BCUT2D eigenvalue weighted by Gasteiger charge is 2.10. The number of aliphatic hydroxyl groups excluding tert-OH is 1. The van der Waals surface area contributed by atoms with Gasteiger partial charge in [-0.25, -0.2) is 0 Å². The largest absolute Gasteiger partial charge is 0.388 e. The van der Waals surface area contributed by atoms with Crippen LogP contribution in [0.15, 0.2) is 36.5 Å². The van der Waals surface area contributed by atoms with E-state index >= 15 is 0 Å². The Kier molecular flexibility index (Phi) is 4.65. The van der Waals surface area contributed by atoms with E-state index < -0.39 is 6.10 Å². The third-order valence-electron chi connectivity index (χ3n) is 3.19. The molecule has 2 atom stereocenters. The molecule has 1 aromatic heterocycles. The molecule has 2 aromatic rings. The lowest BCUT2D eigenvalue weighted by molar-refractivity contribution is 0.159. The molecule has 0 bridgehead atoms. The number of hydrogen-bond acceptors (Lipinski definition) is 4. The molecule has 0 aliphatic carbocycles. The fourth-order valence-corrected chi connectivity index (χ4v) is 1.90. The molecule has 19 heavy (non-hydrogen) atoms. The second-order valence-electron chi connectivity index (χ2n) is 4.64. The van der Waals surface area contributed by atoms with Crippen molar-refractivity contribution in [2.75, 3.05) is 0 Å². The zero-order valence-corrected chi connectivity index (χ0v) is 11.1. The topological polar surface area (TPSA) is 77.0 Å². The monoisotopic (exact) mass is 260 g/mol. The van der Waals surface area contributed by atoms with Gasteiger partial charge < -0.3 is 10.8 Å². The minimum absolute atomic E-state index is 0.0622. The first-order chi connectivity index (χ1) is 9.20. The zero-order chi connectivity index (χ0) is 13.7. The van der Waals surface area contributed by atoms with Crippen LogP contribution in [0, 0.1) is 0 Å². The average Bonchev–Trinajstić information content (AvgIpc) is 2.93. The summed E-state index contributed by atoms with van der Waals surface area (Å²) in [7, 11) is 0. The van der Waals surface area contributed by atoms with Crippen LogP contribution < -0.4 is 5.73 Å². The second kappa shape index (κ2) is 6.45. The summed E-state index contributed by atoms with van der Waals surface area (Å²) in [4.78, 5) is 0. The molecule has 0 aliphatic heterocycles. The van der Waals surface area contributed by atoms with E-state index in [1.165, 1.54) is 0 Å². The van der Waals surface area contributed by atoms with Crippen molar-refractivity contribution in [1.82, 2.24) is 15.0 Å². The summed E-state index contributed by atoms with van der Waals surface area (Å²) in [6.45, 7) is 2.64. The molecule has 0 saturated carbocycles. The highest BCUT2D eigenvalue weighted by Crippen LogP contribution is 2.17. The minimum atomic E-state index is -0.478. The molecule has 0 radical (unpaired) electrons.